The van der Waals surface area contributed by atoms with E-state index in [9.17, 15) is 0 Å². The molecule has 2 heterocycles. The summed E-state index contributed by atoms with van der Waals surface area (Å²) in [6.07, 6.45) is 1.01. The fourth-order valence-corrected chi connectivity index (χ4v) is 2.40. The summed E-state index contributed by atoms with van der Waals surface area (Å²) in [4.78, 5) is 7.90. The van der Waals surface area contributed by atoms with Crippen molar-refractivity contribution in [2.45, 2.75) is 13.3 Å². The molecule has 1 aromatic heterocycles. The Balaban J connectivity index is 2.36. The number of nitrogens with zero attached hydrogens (tertiary/aromatic N) is 1. The van der Waals surface area contributed by atoms with Gasteiger partial charge in [0.1, 0.15) is 5.75 Å². The molecular formula is C13H14N2O. The zero-order valence-corrected chi connectivity index (χ0v) is 9.50. The van der Waals surface area contributed by atoms with E-state index in [1.165, 1.54) is 16.6 Å². The van der Waals surface area contributed by atoms with E-state index in [0.717, 1.165) is 29.9 Å². The molecule has 0 bridgehead atoms. The molecular weight excluding hydrogens is 200 g/mol. The molecule has 0 fully saturated rings. The van der Waals surface area contributed by atoms with Gasteiger partial charge in [-0.25, -0.2) is 0 Å². The van der Waals surface area contributed by atoms with Crippen molar-refractivity contribution in [3.05, 3.63) is 29.5 Å². The second-order valence-electron chi connectivity index (χ2n) is 4.08. The van der Waals surface area contributed by atoms with Crippen LogP contribution in [0.3, 0.4) is 0 Å². The molecule has 0 atom stereocenters. The number of hydrogen-bond acceptors (Lipinski definition) is 2. The second-order valence-corrected chi connectivity index (χ2v) is 4.08. The molecule has 0 saturated heterocycles. The molecule has 0 radical (unpaired) electrons. The standard InChI is InChI=1S/C13H14N2O/c1-8-12-10(6-7-14-8)9-4-3-5-11(16-2)13(9)15-12/h3-5,15H,6-7H2,1-2H3. The maximum Gasteiger partial charge on any atom is 0.142 e. The average Bonchev–Trinajstić information content (AvgIpc) is 2.69. The third kappa shape index (κ3) is 1.18. The lowest BCUT2D eigenvalue weighted by molar-refractivity contribution is 0.419. The van der Waals surface area contributed by atoms with Crippen LogP contribution in [0.25, 0.3) is 10.9 Å². The zero-order valence-electron chi connectivity index (χ0n) is 9.50. The lowest BCUT2D eigenvalue weighted by atomic mass is 10.0. The number of nitrogens with one attached hydrogen (secondary N) is 1. The Morgan fingerprint density at radius 2 is 2.25 bits per heavy atom. The van der Waals surface area contributed by atoms with Crippen molar-refractivity contribution < 1.29 is 4.74 Å². The first-order chi connectivity index (χ1) is 7.81. The molecule has 1 N–H and O–H groups in total. The summed E-state index contributed by atoms with van der Waals surface area (Å²) in [7, 11) is 1.70. The van der Waals surface area contributed by atoms with Gasteiger partial charge >= 0.3 is 0 Å². The van der Waals surface area contributed by atoms with Crippen LogP contribution in [0.15, 0.2) is 23.2 Å². The van der Waals surface area contributed by atoms with Gasteiger partial charge in [0, 0.05) is 11.9 Å². The SMILES string of the molecule is COc1cccc2c3c([nH]c12)C(C)=NCC3. The monoisotopic (exact) mass is 214 g/mol. The van der Waals surface area contributed by atoms with Crippen molar-refractivity contribution in [2.75, 3.05) is 13.7 Å². The summed E-state index contributed by atoms with van der Waals surface area (Å²) in [5, 5.41) is 1.27. The Kier molecular flexibility index (Phi) is 1.99. The molecule has 3 nitrogen and oxygen atoms in total. The lowest BCUT2D eigenvalue weighted by Crippen LogP contribution is -2.08. The van der Waals surface area contributed by atoms with E-state index >= 15 is 0 Å². The minimum atomic E-state index is 0.892. The number of fused-ring (bicyclic) bond motifs is 3. The molecule has 1 aliphatic rings. The second kappa shape index (κ2) is 3.37. The molecule has 0 aliphatic carbocycles. The van der Waals surface area contributed by atoms with Crippen molar-refractivity contribution in [1.29, 1.82) is 0 Å². The Morgan fingerprint density at radius 3 is 3.06 bits per heavy atom. The minimum Gasteiger partial charge on any atom is -0.495 e. The average molecular weight is 214 g/mol. The van der Waals surface area contributed by atoms with E-state index in [0.29, 0.717) is 0 Å². The number of rotatable bonds is 1. The Morgan fingerprint density at radius 1 is 1.38 bits per heavy atom. The van der Waals surface area contributed by atoms with E-state index in [4.69, 9.17) is 4.74 Å². The maximum absolute atomic E-state index is 5.37. The van der Waals surface area contributed by atoms with Crippen LogP contribution in [-0.2, 0) is 6.42 Å². The van der Waals surface area contributed by atoms with Gasteiger partial charge < -0.3 is 9.72 Å². The van der Waals surface area contributed by atoms with Crippen LogP contribution < -0.4 is 4.74 Å². The van der Waals surface area contributed by atoms with E-state index < -0.39 is 0 Å². The van der Waals surface area contributed by atoms with Crippen LogP contribution in [0.5, 0.6) is 5.75 Å². The summed E-state index contributed by atoms with van der Waals surface area (Å²) >= 11 is 0. The first kappa shape index (κ1) is 9.46. The predicted octanol–water partition coefficient (Wildman–Crippen LogP) is 2.54. The summed E-state index contributed by atoms with van der Waals surface area (Å²) < 4.78 is 5.37. The number of aromatic amines is 1. The lowest BCUT2D eigenvalue weighted by Gasteiger charge is -2.08. The summed E-state index contributed by atoms with van der Waals surface area (Å²) in [5.41, 5.74) is 4.73. The van der Waals surface area contributed by atoms with Gasteiger partial charge in [0.05, 0.1) is 24.0 Å². The number of aromatic nitrogens is 1. The van der Waals surface area contributed by atoms with Gasteiger partial charge in [-0.05, 0) is 25.0 Å². The quantitative estimate of drug-likeness (QED) is 0.778. The van der Waals surface area contributed by atoms with Crippen LogP contribution in [0.1, 0.15) is 18.2 Å². The largest absolute Gasteiger partial charge is 0.495 e. The molecule has 82 valence electrons. The molecule has 1 aromatic carbocycles. The van der Waals surface area contributed by atoms with Gasteiger partial charge in [0.15, 0.2) is 0 Å². The molecule has 2 aromatic rings. The molecule has 0 amide bonds. The molecule has 3 heteroatoms. The number of methoxy groups -OCH3 is 1. The van der Waals surface area contributed by atoms with Crippen molar-refractivity contribution in [3.63, 3.8) is 0 Å². The molecule has 0 spiro atoms. The zero-order chi connectivity index (χ0) is 11.1. The number of hydrogen-bond donors (Lipinski definition) is 1. The molecule has 1 aliphatic heterocycles. The Labute approximate surface area is 94.1 Å². The summed E-state index contributed by atoms with van der Waals surface area (Å²) in [6.45, 7) is 2.95. The molecule has 0 saturated carbocycles. The first-order valence-corrected chi connectivity index (χ1v) is 5.50. The van der Waals surface area contributed by atoms with Crippen LogP contribution in [0.4, 0.5) is 0 Å². The third-order valence-electron chi connectivity index (χ3n) is 3.20. The summed E-state index contributed by atoms with van der Waals surface area (Å²) in [6, 6.07) is 6.17. The number of aliphatic imine (C=N–C) groups is 1. The third-order valence-corrected chi connectivity index (χ3v) is 3.20. The van der Waals surface area contributed by atoms with E-state index in [1.54, 1.807) is 7.11 Å². The van der Waals surface area contributed by atoms with E-state index in [2.05, 4.69) is 23.0 Å². The van der Waals surface area contributed by atoms with Gasteiger partial charge in [-0.3, -0.25) is 4.99 Å². The fraction of sp³-hybridized carbons (Fsp3) is 0.308. The minimum absolute atomic E-state index is 0.892. The first-order valence-electron chi connectivity index (χ1n) is 5.50. The van der Waals surface area contributed by atoms with Crippen molar-refractivity contribution in [1.82, 2.24) is 4.98 Å². The molecule has 16 heavy (non-hydrogen) atoms. The predicted molar refractivity (Wildman–Crippen MR) is 65.6 cm³/mol. The number of ether oxygens (including phenoxy) is 1. The van der Waals surface area contributed by atoms with Crippen LogP contribution in [0.2, 0.25) is 0 Å². The number of H-pyrrole nitrogens is 1. The van der Waals surface area contributed by atoms with Crippen LogP contribution in [0, 0.1) is 0 Å². The van der Waals surface area contributed by atoms with Crippen molar-refractivity contribution in [2.24, 2.45) is 4.99 Å². The van der Waals surface area contributed by atoms with E-state index in [1.807, 2.05) is 12.1 Å². The van der Waals surface area contributed by atoms with Gasteiger partial charge in [-0.1, -0.05) is 12.1 Å². The van der Waals surface area contributed by atoms with Gasteiger partial charge in [-0.15, -0.1) is 0 Å². The topological polar surface area (TPSA) is 37.4 Å². The van der Waals surface area contributed by atoms with Crippen molar-refractivity contribution in [3.8, 4) is 5.75 Å². The number of benzene rings is 1. The Bertz CT molecular complexity index is 581. The highest BCUT2D eigenvalue weighted by atomic mass is 16.5. The van der Waals surface area contributed by atoms with E-state index in [-0.39, 0.29) is 0 Å². The number of para-hydroxylation sites is 1. The normalized spacial score (nSPS) is 14.8. The van der Waals surface area contributed by atoms with Crippen molar-refractivity contribution >= 4 is 16.6 Å². The smallest absolute Gasteiger partial charge is 0.142 e. The highest BCUT2D eigenvalue weighted by molar-refractivity contribution is 6.05. The van der Waals surface area contributed by atoms with Crippen LogP contribution >= 0.6 is 0 Å². The van der Waals surface area contributed by atoms with Gasteiger partial charge in [0.25, 0.3) is 0 Å². The summed E-state index contributed by atoms with van der Waals surface area (Å²) in [5.74, 6) is 0.903. The Hall–Kier alpha value is -1.77. The van der Waals surface area contributed by atoms with Crippen LogP contribution in [-0.4, -0.2) is 24.4 Å². The van der Waals surface area contributed by atoms with Gasteiger partial charge in [-0.2, -0.15) is 0 Å². The highest BCUT2D eigenvalue weighted by Crippen LogP contribution is 2.31. The molecule has 0 unspecified atom stereocenters. The highest BCUT2D eigenvalue weighted by Gasteiger charge is 2.18. The van der Waals surface area contributed by atoms with Gasteiger partial charge in [0.2, 0.25) is 0 Å². The maximum atomic E-state index is 5.37. The fourth-order valence-electron chi connectivity index (χ4n) is 2.40. The molecule has 3 rings (SSSR count).